The molecule has 2 rings (SSSR count). The monoisotopic (exact) mass is 240 g/mol. The molecule has 4 nitrogen and oxygen atoms in total. The predicted octanol–water partition coefficient (Wildman–Crippen LogP) is 2.12. The summed E-state index contributed by atoms with van der Waals surface area (Å²) in [6, 6.07) is 0. The first-order valence-corrected chi connectivity index (χ1v) is 6.24. The Bertz CT molecular complexity index is 361. The molecule has 2 aliphatic rings. The van der Waals surface area contributed by atoms with Gasteiger partial charge in [0.05, 0.1) is 20.1 Å². The number of carbonyl (C=O) groups excluding carboxylic acids is 2. The van der Waals surface area contributed by atoms with Crippen molar-refractivity contribution < 1.29 is 18.8 Å². The molecule has 1 spiro atoms. The van der Waals surface area contributed by atoms with Gasteiger partial charge in [-0.25, -0.2) is 4.48 Å². The molecule has 1 unspecified atom stereocenters. The Morgan fingerprint density at radius 1 is 1.35 bits per heavy atom. The van der Waals surface area contributed by atoms with Gasteiger partial charge in [0.2, 0.25) is 0 Å². The van der Waals surface area contributed by atoms with Crippen molar-refractivity contribution in [3.63, 3.8) is 0 Å². The summed E-state index contributed by atoms with van der Waals surface area (Å²) in [7, 11) is 1.92. The zero-order valence-electron chi connectivity index (χ0n) is 11.2. The molecule has 0 aromatic heterocycles. The van der Waals surface area contributed by atoms with Gasteiger partial charge in [-0.3, -0.25) is 4.79 Å². The second kappa shape index (κ2) is 3.55. The van der Waals surface area contributed by atoms with E-state index in [4.69, 9.17) is 4.74 Å². The van der Waals surface area contributed by atoms with Crippen molar-refractivity contribution in [2.75, 3.05) is 20.1 Å². The maximum Gasteiger partial charge on any atom is 0.516 e. The Hall–Kier alpha value is -0.900. The van der Waals surface area contributed by atoms with E-state index in [9.17, 15) is 9.59 Å². The first-order chi connectivity index (χ1) is 7.64. The quantitative estimate of drug-likeness (QED) is 0.609. The van der Waals surface area contributed by atoms with Gasteiger partial charge in [-0.2, -0.15) is 4.79 Å². The van der Waals surface area contributed by atoms with Crippen LogP contribution in [-0.2, 0) is 9.53 Å². The van der Waals surface area contributed by atoms with E-state index in [0.717, 1.165) is 19.5 Å². The second-order valence-electron chi connectivity index (χ2n) is 6.90. The van der Waals surface area contributed by atoms with Crippen molar-refractivity contribution >= 4 is 11.9 Å². The molecule has 0 radical (unpaired) electrons. The number of rotatable bonds is 0. The number of nitrogens with zero attached hydrogens (tertiary/aromatic N) is 1. The molecule has 17 heavy (non-hydrogen) atoms. The standard InChI is InChI=1S/C13H22NO3/c1-12(2,3)17-11(16)14(4)6-5-13(9-14)7-10(15)8-13/h5-9H2,1-4H3/q+1. The van der Waals surface area contributed by atoms with Crippen LogP contribution in [-0.4, -0.2) is 42.1 Å². The first kappa shape index (κ1) is 12.6. The first-order valence-electron chi connectivity index (χ1n) is 6.24. The minimum absolute atomic E-state index is 0.0999. The van der Waals surface area contributed by atoms with Crippen LogP contribution in [0.5, 0.6) is 0 Å². The molecule has 1 aliphatic carbocycles. The van der Waals surface area contributed by atoms with Crippen molar-refractivity contribution in [1.82, 2.24) is 0 Å². The summed E-state index contributed by atoms with van der Waals surface area (Å²) in [6.45, 7) is 7.21. The number of amides is 1. The SMILES string of the molecule is CC(C)(C)OC(=O)[N+]1(C)CCC2(CC(=O)C2)C1. The van der Waals surface area contributed by atoms with Crippen LogP contribution in [0.2, 0.25) is 0 Å². The maximum absolute atomic E-state index is 12.2. The molecule has 0 aromatic rings. The van der Waals surface area contributed by atoms with Gasteiger partial charge in [0, 0.05) is 24.7 Å². The van der Waals surface area contributed by atoms with E-state index in [0.29, 0.717) is 23.1 Å². The highest BCUT2D eigenvalue weighted by Crippen LogP contribution is 2.48. The van der Waals surface area contributed by atoms with E-state index in [1.807, 2.05) is 27.8 Å². The van der Waals surface area contributed by atoms with Gasteiger partial charge in [0.15, 0.2) is 0 Å². The van der Waals surface area contributed by atoms with Gasteiger partial charge < -0.3 is 4.74 Å². The molecular formula is C13H22NO3+. The van der Waals surface area contributed by atoms with E-state index < -0.39 is 5.60 Å². The lowest BCUT2D eigenvalue weighted by atomic mass is 9.67. The number of Topliss-reactive ketones (excluding diaryl/α,β-unsaturated/α-hetero) is 1. The Balaban J connectivity index is 2.02. The fourth-order valence-electron chi connectivity index (χ4n) is 2.98. The van der Waals surface area contributed by atoms with Crippen LogP contribution in [0.4, 0.5) is 4.79 Å². The topological polar surface area (TPSA) is 43.4 Å². The molecule has 1 atom stereocenters. The lowest BCUT2D eigenvalue weighted by Gasteiger charge is -2.36. The van der Waals surface area contributed by atoms with Gasteiger partial charge in [0.25, 0.3) is 0 Å². The molecule has 0 N–H and O–H groups in total. The average Bonchev–Trinajstić information content (AvgIpc) is 2.42. The zero-order chi connectivity index (χ0) is 12.9. The van der Waals surface area contributed by atoms with Gasteiger partial charge in [-0.15, -0.1) is 0 Å². The van der Waals surface area contributed by atoms with E-state index in [1.54, 1.807) is 0 Å². The highest BCUT2D eigenvalue weighted by molar-refractivity contribution is 5.86. The second-order valence-corrected chi connectivity index (χ2v) is 6.90. The number of hydrogen-bond donors (Lipinski definition) is 0. The predicted molar refractivity (Wildman–Crippen MR) is 63.4 cm³/mol. The molecular weight excluding hydrogens is 218 g/mol. The molecule has 1 heterocycles. The van der Waals surface area contributed by atoms with E-state index in [2.05, 4.69) is 0 Å². The van der Waals surface area contributed by atoms with Crippen LogP contribution in [0.1, 0.15) is 40.0 Å². The molecule has 4 heteroatoms. The van der Waals surface area contributed by atoms with Crippen molar-refractivity contribution in [1.29, 1.82) is 0 Å². The number of likely N-dealkylation sites (tertiary alicyclic amines) is 1. The fourth-order valence-corrected chi connectivity index (χ4v) is 2.98. The van der Waals surface area contributed by atoms with Crippen molar-refractivity contribution in [2.24, 2.45) is 5.41 Å². The van der Waals surface area contributed by atoms with Gasteiger partial charge in [-0.05, 0) is 20.8 Å². The Morgan fingerprint density at radius 3 is 2.41 bits per heavy atom. The maximum atomic E-state index is 12.2. The van der Waals surface area contributed by atoms with E-state index in [1.165, 1.54) is 0 Å². The molecule has 1 amide bonds. The number of ether oxygens (including phenoxy) is 1. The summed E-state index contributed by atoms with van der Waals surface area (Å²) in [5.41, 5.74) is -0.341. The Kier molecular flexibility index (Phi) is 2.62. The zero-order valence-corrected chi connectivity index (χ0v) is 11.2. The largest absolute Gasteiger partial charge is 0.516 e. The van der Waals surface area contributed by atoms with Crippen LogP contribution < -0.4 is 0 Å². The molecule has 1 saturated carbocycles. The van der Waals surface area contributed by atoms with E-state index in [-0.39, 0.29) is 11.5 Å². The lowest BCUT2D eigenvalue weighted by molar-refractivity contribution is -0.829. The molecule has 96 valence electrons. The lowest BCUT2D eigenvalue weighted by Crippen LogP contribution is -2.52. The van der Waals surface area contributed by atoms with Crippen LogP contribution >= 0.6 is 0 Å². The number of carbonyl (C=O) groups is 2. The summed E-state index contributed by atoms with van der Waals surface area (Å²) in [4.78, 5) is 23.3. The average molecular weight is 240 g/mol. The Labute approximate surface area is 103 Å². The minimum atomic E-state index is -0.441. The highest BCUT2D eigenvalue weighted by Gasteiger charge is 2.57. The summed E-state index contributed by atoms with van der Waals surface area (Å²) in [5.74, 6) is 0.336. The van der Waals surface area contributed by atoms with Crippen LogP contribution in [0.15, 0.2) is 0 Å². The summed E-state index contributed by atoms with van der Waals surface area (Å²) in [6.07, 6.45) is 2.12. The minimum Gasteiger partial charge on any atom is -0.414 e. The van der Waals surface area contributed by atoms with Gasteiger partial charge >= 0.3 is 6.09 Å². The normalized spacial score (nSPS) is 31.4. The Morgan fingerprint density at radius 2 is 1.94 bits per heavy atom. The number of quaternary nitrogens is 1. The fraction of sp³-hybridized carbons (Fsp3) is 0.846. The van der Waals surface area contributed by atoms with Crippen molar-refractivity contribution in [3.8, 4) is 0 Å². The number of hydrogen-bond acceptors (Lipinski definition) is 3. The third kappa shape index (κ3) is 2.37. The third-order valence-electron chi connectivity index (χ3n) is 3.80. The van der Waals surface area contributed by atoms with Crippen LogP contribution in [0.3, 0.4) is 0 Å². The van der Waals surface area contributed by atoms with Crippen molar-refractivity contribution in [3.05, 3.63) is 0 Å². The molecule has 0 aromatic carbocycles. The van der Waals surface area contributed by atoms with Crippen LogP contribution in [0, 0.1) is 5.41 Å². The number of ketones is 1. The summed E-state index contributed by atoms with van der Waals surface area (Å²) < 4.78 is 5.79. The van der Waals surface area contributed by atoms with E-state index >= 15 is 0 Å². The summed E-state index contributed by atoms with van der Waals surface area (Å²) in [5, 5.41) is 0. The van der Waals surface area contributed by atoms with Crippen LogP contribution in [0.25, 0.3) is 0 Å². The molecule has 1 aliphatic heterocycles. The highest BCUT2D eigenvalue weighted by atomic mass is 16.6. The van der Waals surface area contributed by atoms with Crippen molar-refractivity contribution in [2.45, 2.75) is 45.6 Å². The smallest absolute Gasteiger partial charge is 0.414 e. The summed E-state index contributed by atoms with van der Waals surface area (Å²) >= 11 is 0. The van der Waals surface area contributed by atoms with Gasteiger partial charge in [-0.1, -0.05) is 0 Å². The molecule has 2 fully saturated rings. The van der Waals surface area contributed by atoms with Gasteiger partial charge in [0.1, 0.15) is 11.4 Å². The molecule has 0 bridgehead atoms. The third-order valence-corrected chi connectivity index (χ3v) is 3.80. The molecule has 1 saturated heterocycles.